The zero-order chi connectivity index (χ0) is 18.7. The number of methoxy groups -OCH3 is 1. The monoisotopic (exact) mass is 352 g/mol. The number of nitrogens with zero attached hydrogens (tertiary/aromatic N) is 1. The molecule has 5 heteroatoms. The number of carbonyl (C=O) groups is 2. The third kappa shape index (κ3) is 3.57. The molecule has 1 amide bonds. The number of nitrogens with one attached hydrogen (secondary N) is 1. The van der Waals surface area contributed by atoms with Gasteiger partial charge in [0.1, 0.15) is 0 Å². The summed E-state index contributed by atoms with van der Waals surface area (Å²) in [6.45, 7) is 4.19. The molecule has 1 atom stereocenters. The molecular formula is C21H24N2O3. The summed E-state index contributed by atoms with van der Waals surface area (Å²) >= 11 is 0. The zero-order valence-electron chi connectivity index (χ0n) is 15.4. The smallest absolute Gasteiger partial charge is 0.337 e. The highest BCUT2D eigenvalue weighted by atomic mass is 16.5. The number of ether oxygens (including phenoxy) is 1. The van der Waals surface area contributed by atoms with E-state index in [2.05, 4.69) is 18.3 Å². The highest BCUT2D eigenvalue weighted by Crippen LogP contribution is 2.30. The Morgan fingerprint density at radius 3 is 2.73 bits per heavy atom. The van der Waals surface area contributed by atoms with Crippen molar-refractivity contribution in [1.29, 1.82) is 0 Å². The first-order chi connectivity index (χ1) is 12.5. The number of anilines is 2. The van der Waals surface area contributed by atoms with Gasteiger partial charge in [0.25, 0.3) is 0 Å². The van der Waals surface area contributed by atoms with Crippen molar-refractivity contribution < 1.29 is 14.3 Å². The SMILES string of the molecule is COC(=O)c1ccc(NCC(=O)N2c3ccccc3CCC2C)c(C)c1. The molecule has 1 unspecified atom stereocenters. The first-order valence-electron chi connectivity index (χ1n) is 8.84. The van der Waals surface area contributed by atoms with E-state index in [4.69, 9.17) is 4.74 Å². The number of aryl methyl sites for hydroxylation is 2. The van der Waals surface area contributed by atoms with E-state index in [-0.39, 0.29) is 24.5 Å². The average molecular weight is 352 g/mol. The van der Waals surface area contributed by atoms with E-state index in [0.29, 0.717) is 5.56 Å². The largest absolute Gasteiger partial charge is 0.465 e. The number of benzene rings is 2. The van der Waals surface area contributed by atoms with Crippen LogP contribution < -0.4 is 10.2 Å². The Hall–Kier alpha value is -2.82. The topological polar surface area (TPSA) is 58.6 Å². The first kappa shape index (κ1) is 18.0. The van der Waals surface area contributed by atoms with E-state index in [1.54, 1.807) is 12.1 Å². The summed E-state index contributed by atoms with van der Waals surface area (Å²) < 4.78 is 4.73. The van der Waals surface area contributed by atoms with Gasteiger partial charge in [0.15, 0.2) is 0 Å². The number of rotatable bonds is 4. The molecule has 2 aromatic rings. The Bertz CT molecular complexity index is 832. The minimum Gasteiger partial charge on any atom is -0.465 e. The molecule has 3 rings (SSSR count). The van der Waals surface area contributed by atoms with Crippen molar-refractivity contribution in [2.45, 2.75) is 32.7 Å². The summed E-state index contributed by atoms with van der Waals surface area (Å²) in [7, 11) is 1.36. The Morgan fingerprint density at radius 1 is 1.23 bits per heavy atom. The van der Waals surface area contributed by atoms with E-state index >= 15 is 0 Å². The normalized spacial score (nSPS) is 16.0. The molecule has 1 heterocycles. The predicted octanol–water partition coefficient (Wildman–Crippen LogP) is 3.56. The number of fused-ring (bicyclic) bond motifs is 1. The second-order valence-corrected chi connectivity index (χ2v) is 6.65. The van der Waals surface area contributed by atoms with Crippen LogP contribution in [0.2, 0.25) is 0 Å². The zero-order valence-corrected chi connectivity index (χ0v) is 15.4. The fourth-order valence-electron chi connectivity index (χ4n) is 3.43. The standard InChI is InChI=1S/C21H24N2O3/c1-14-12-17(21(25)26-3)10-11-18(14)22-13-20(24)23-15(2)8-9-16-6-4-5-7-19(16)23/h4-7,10-12,15,22H,8-9,13H2,1-3H3. The fourth-order valence-corrected chi connectivity index (χ4v) is 3.43. The van der Waals surface area contributed by atoms with Gasteiger partial charge in [-0.15, -0.1) is 0 Å². The highest BCUT2D eigenvalue weighted by Gasteiger charge is 2.27. The Balaban J connectivity index is 1.72. The van der Waals surface area contributed by atoms with Crippen LogP contribution in [0.25, 0.3) is 0 Å². The van der Waals surface area contributed by atoms with Crippen LogP contribution in [0.1, 0.15) is 34.8 Å². The predicted molar refractivity (Wildman–Crippen MR) is 103 cm³/mol. The number of para-hydroxylation sites is 1. The lowest BCUT2D eigenvalue weighted by Crippen LogP contribution is -2.44. The van der Waals surface area contributed by atoms with Gasteiger partial charge >= 0.3 is 5.97 Å². The van der Waals surface area contributed by atoms with Crippen LogP contribution >= 0.6 is 0 Å². The lowest BCUT2D eigenvalue weighted by atomic mass is 9.96. The van der Waals surface area contributed by atoms with Crippen LogP contribution in [0.3, 0.4) is 0 Å². The van der Waals surface area contributed by atoms with Gasteiger partial charge in [-0.2, -0.15) is 0 Å². The minimum absolute atomic E-state index is 0.0427. The molecule has 136 valence electrons. The van der Waals surface area contributed by atoms with Crippen LogP contribution in [0.15, 0.2) is 42.5 Å². The number of amides is 1. The highest BCUT2D eigenvalue weighted by molar-refractivity contribution is 5.98. The number of esters is 1. The molecule has 26 heavy (non-hydrogen) atoms. The molecular weight excluding hydrogens is 328 g/mol. The maximum atomic E-state index is 12.9. The Kier molecular flexibility index (Phi) is 5.26. The van der Waals surface area contributed by atoms with E-state index in [1.165, 1.54) is 12.7 Å². The lowest BCUT2D eigenvalue weighted by molar-refractivity contribution is -0.117. The van der Waals surface area contributed by atoms with Crippen molar-refractivity contribution >= 4 is 23.3 Å². The van der Waals surface area contributed by atoms with Gasteiger partial charge in [-0.25, -0.2) is 4.79 Å². The average Bonchev–Trinajstić information content (AvgIpc) is 2.66. The summed E-state index contributed by atoms with van der Waals surface area (Å²) in [5, 5.41) is 3.20. The second kappa shape index (κ2) is 7.60. The Morgan fingerprint density at radius 2 is 2.00 bits per heavy atom. The van der Waals surface area contributed by atoms with E-state index in [1.807, 2.05) is 36.1 Å². The molecule has 1 N–H and O–H groups in total. The summed E-state index contributed by atoms with van der Waals surface area (Å²) in [5.41, 5.74) is 4.46. The molecule has 0 fully saturated rings. The van der Waals surface area contributed by atoms with Crippen LogP contribution in [-0.4, -0.2) is 31.6 Å². The quantitative estimate of drug-likeness (QED) is 0.855. The summed E-state index contributed by atoms with van der Waals surface area (Å²) in [4.78, 5) is 26.4. The lowest BCUT2D eigenvalue weighted by Gasteiger charge is -2.35. The van der Waals surface area contributed by atoms with Crippen molar-refractivity contribution in [3.8, 4) is 0 Å². The van der Waals surface area contributed by atoms with Gasteiger partial charge in [0.2, 0.25) is 5.91 Å². The van der Waals surface area contributed by atoms with Gasteiger partial charge in [-0.05, 0) is 62.1 Å². The van der Waals surface area contributed by atoms with Gasteiger partial charge < -0.3 is 15.0 Å². The van der Waals surface area contributed by atoms with Gasteiger partial charge in [0, 0.05) is 17.4 Å². The molecule has 2 aromatic carbocycles. The van der Waals surface area contributed by atoms with E-state index < -0.39 is 0 Å². The molecule has 0 bridgehead atoms. The number of carbonyl (C=O) groups excluding carboxylic acids is 2. The molecule has 0 spiro atoms. The molecule has 5 nitrogen and oxygen atoms in total. The van der Waals surface area contributed by atoms with Crippen LogP contribution in [0.4, 0.5) is 11.4 Å². The van der Waals surface area contributed by atoms with Gasteiger partial charge in [-0.3, -0.25) is 4.79 Å². The van der Waals surface area contributed by atoms with Crippen LogP contribution in [0, 0.1) is 6.92 Å². The van der Waals surface area contributed by atoms with Crippen molar-refractivity contribution in [3.05, 3.63) is 59.2 Å². The van der Waals surface area contributed by atoms with E-state index in [9.17, 15) is 9.59 Å². The van der Waals surface area contributed by atoms with Crippen molar-refractivity contribution in [2.24, 2.45) is 0 Å². The van der Waals surface area contributed by atoms with Crippen molar-refractivity contribution in [1.82, 2.24) is 0 Å². The number of hydrogen-bond donors (Lipinski definition) is 1. The van der Waals surface area contributed by atoms with Crippen LogP contribution in [-0.2, 0) is 16.0 Å². The summed E-state index contributed by atoms with van der Waals surface area (Å²) in [5.74, 6) is -0.324. The van der Waals surface area contributed by atoms with Gasteiger partial charge in [0.05, 0.1) is 19.2 Å². The van der Waals surface area contributed by atoms with E-state index in [0.717, 1.165) is 29.8 Å². The minimum atomic E-state index is -0.366. The first-order valence-corrected chi connectivity index (χ1v) is 8.84. The second-order valence-electron chi connectivity index (χ2n) is 6.65. The molecule has 0 saturated heterocycles. The summed E-state index contributed by atoms with van der Waals surface area (Å²) in [6.07, 6.45) is 1.97. The Labute approximate surface area is 154 Å². The molecule has 0 aliphatic carbocycles. The number of hydrogen-bond acceptors (Lipinski definition) is 4. The summed E-state index contributed by atoms with van der Waals surface area (Å²) in [6, 6.07) is 13.5. The third-order valence-electron chi connectivity index (χ3n) is 4.87. The molecule has 1 aliphatic rings. The third-order valence-corrected chi connectivity index (χ3v) is 4.87. The maximum Gasteiger partial charge on any atom is 0.337 e. The van der Waals surface area contributed by atoms with Crippen LogP contribution in [0.5, 0.6) is 0 Å². The maximum absolute atomic E-state index is 12.9. The van der Waals surface area contributed by atoms with Crippen molar-refractivity contribution in [2.75, 3.05) is 23.9 Å². The molecule has 0 aromatic heterocycles. The molecule has 1 aliphatic heterocycles. The van der Waals surface area contributed by atoms with Crippen molar-refractivity contribution in [3.63, 3.8) is 0 Å². The molecule has 0 saturated carbocycles. The molecule has 0 radical (unpaired) electrons. The van der Waals surface area contributed by atoms with Gasteiger partial charge in [-0.1, -0.05) is 18.2 Å². The fraction of sp³-hybridized carbons (Fsp3) is 0.333.